The predicted octanol–water partition coefficient (Wildman–Crippen LogP) is 2.55. The molecule has 1 rings (SSSR count). The molecule has 0 aliphatic heterocycles. The molecule has 1 atom stereocenters. The van der Waals surface area contributed by atoms with Gasteiger partial charge >= 0.3 is 0 Å². The van der Waals surface area contributed by atoms with Crippen molar-refractivity contribution < 1.29 is 9.90 Å². The Labute approximate surface area is 84.6 Å². The highest BCUT2D eigenvalue weighted by Crippen LogP contribution is 2.16. The highest BCUT2D eigenvalue weighted by molar-refractivity contribution is 5.78. The van der Waals surface area contributed by atoms with Crippen LogP contribution in [0.4, 0.5) is 0 Å². The lowest BCUT2D eigenvalue weighted by Gasteiger charge is -2.10. The zero-order chi connectivity index (χ0) is 10.6. The monoisotopic (exact) mass is 192 g/mol. The first kappa shape index (κ1) is 10.8. The fourth-order valence-electron chi connectivity index (χ4n) is 1.49. The number of Topliss-reactive ketones (excluding diaryl/α,β-unsaturated/α-hetero) is 1. The molecule has 0 spiro atoms. The molecule has 0 aliphatic rings. The molecule has 14 heavy (non-hydrogen) atoms. The quantitative estimate of drug-likeness (QED) is 0.796. The number of carbonyl (C=O) groups is 1. The van der Waals surface area contributed by atoms with Crippen molar-refractivity contribution >= 4 is 5.78 Å². The van der Waals surface area contributed by atoms with Crippen LogP contribution in [0.3, 0.4) is 0 Å². The molecule has 2 nitrogen and oxygen atoms in total. The van der Waals surface area contributed by atoms with Crippen LogP contribution >= 0.6 is 0 Å². The van der Waals surface area contributed by atoms with E-state index in [2.05, 4.69) is 0 Å². The van der Waals surface area contributed by atoms with Gasteiger partial charge in [-0.3, -0.25) is 4.79 Å². The number of aromatic hydroxyl groups is 1. The SMILES string of the molecule is CCC(Cc1ccc(O)cc1)C(C)=O. The maximum Gasteiger partial charge on any atom is 0.133 e. The van der Waals surface area contributed by atoms with Gasteiger partial charge in [0.2, 0.25) is 0 Å². The Morgan fingerprint density at radius 1 is 1.36 bits per heavy atom. The van der Waals surface area contributed by atoms with E-state index >= 15 is 0 Å². The molecule has 0 saturated heterocycles. The van der Waals surface area contributed by atoms with Crippen LogP contribution in [0.25, 0.3) is 0 Å². The van der Waals surface area contributed by atoms with Gasteiger partial charge in [-0.15, -0.1) is 0 Å². The van der Waals surface area contributed by atoms with E-state index < -0.39 is 0 Å². The molecule has 1 N–H and O–H groups in total. The molecule has 0 saturated carbocycles. The summed E-state index contributed by atoms with van der Waals surface area (Å²) in [5.74, 6) is 0.616. The van der Waals surface area contributed by atoms with E-state index in [1.54, 1.807) is 19.1 Å². The fraction of sp³-hybridized carbons (Fsp3) is 0.417. The third-order valence-corrected chi connectivity index (χ3v) is 2.49. The van der Waals surface area contributed by atoms with Gasteiger partial charge in [0.15, 0.2) is 0 Å². The highest BCUT2D eigenvalue weighted by atomic mass is 16.3. The molecule has 76 valence electrons. The van der Waals surface area contributed by atoms with Crippen LogP contribution in [0.15, 0.2) is 24.3 Å². The third kappa shape index (κ3) is 2.87. The Hall–Kier alpha value is -1.31. The molecule has 0 bridgehead atoms. The van der Waals surface area contributed by atoms with Crippen molar-refractivity contribution in [2.45, 2.75) is 26.7 Å². The first-order valence-electron chi connectivity index (χ1n) is 4.91. The normalized spacial score (nSPS) is 12.4. The summed E-state index contributed by atoms with van der Waals surface area (Å²) in [5, 5.41) is 9.09. The fourth-order valence-corrected chi connectivity index (χ4v) is 1.49. The Balaban J connectivity index is 2.67. The lowest BCUT2D eigenvalue weighted by molar-refractivity contribution is -0.120. The smallest absolute Gasteiger partial charge is 0.133 e. The number of phenols is 1. The maximum atomic E-state index is 11.2. The summed E-state index contributed by atoms with van der Waals surface area (Å²) in [6.45, 7) is 3.65. The van der Waals surface area contributed by atoms with Crippen LogP contribution in [0.1, 0.15) is 25.8 Å². The van der Waals surface area contributed by atoms with Crippen LogP contribution in [-0.4, -0.2) is 10.9 Å². The summed E-state index contributed by atoms with van der Waals surface area (Å²) in [4.78, 5) is 11.2. The number of rotatable bonds is 4. The minimum atomic E-state index is 0.111. The average Bonchev–Trinajstić information content (AvgIpc) is 2.16. The van der Waals surface area contributed by atoms with Crippen molar-refractivity contribution in [1.82, 2.24) is 0 Å². The summed E-state index contributed by atoms with van der Waals surface area (Å²) in [5.41, 5.74) is 1.10. The molecule has 0 aliphatic carbocycles. The predicted molar refractivity (Wildman–Crippen MR) is 56.3 cm³/mol. The topological polar surface area (TPSA) is 37.3 Å². The molecule has 0 radical (unpaired) electrons. The van der Waals surface area contributed by atoms with Crippen molar-refractivity contribution in [3.63, 3.8) is 0 Å². The van der Waals surface area contributed by atoms with E-state index in [1.165, 1.54) is 0 Å². The number of hydrogen-bond acceptors (Lipinski definition) is 2. The van der Waals surface area contributed by atoms with Gasteiger partial charge < -0.3 is 5.11 Å². The van der Waals surface area contributed by atoms with Gasteiger partial charge in [0.25, 0.3) is 0 Å². The third-order valence-electron chi connectivity index (χ3n) is 2.49. The lowest BCUT2D eigenvalue weighted by Crippen LogP contribution is -2.12. The number of ketones is 1. The van der Waals surface area contributed by atoms with Gasteiger partial charge in [0, 0.05) is 5.92 Å². The number of hydrogen-bond donors (Lipinski definition) is 1. The second-order valence-corrected chi connectivity index (χ2v) is 3.59. The van der Waals surface area contributed by atoms with Gasteiger partial charge in [-0.1, -0.05) is 19.1 Å². The Morgan fingerprint density at radius 3 is 2.36 bits per heavy atom. The molecule has 1 aromatic rings. The molecule has 1 unspecified atom stereocenters. The maximum absolute atomic E-state index is 11.2. The van der Waals surface area contributed by atoms with Crippen molar-refractivity contribution in [2.75, 3.05) is 0 Å². The number of phenolic OH excluding ortho intramolecular Hbond substituents is 1. The lowest BCUT2D eigenvalue weighted by atomic mass is 9.94. The van der Waals surface area contributed by atoms with Gasteiger partial charge in [-0.05, 0) is 37.5 Å². The largest absolute Gasteiger partial charge is 0.508 e. The molecular weight excluding hydrogens is 176 g/mol. The van der Waals surface area contributed by atoms with E-state index in [9.17, 15) is 4.79 Å². The number of carbonyl (C=O) groups excluding carboxylic acids is 1. The summed E-state index contributed by atoms with van der Waals surface area (Å²) in [6, 6.07) is 7.03. The standard InChI is InChI=1S/C12H16O2/c1-3-11(9(2)13)8-10-4-6-12(14)7-5-10/h4-7,11,14H,3,8H2,1-2H3. The van der Waals surface area contributed by atoms with Crippen LogP contribution in [-0.2, 0) is 11.2 Å². The summed E-state index contributed by atoms with van der Waals surface area (Å²) < 4.78 is 0. The average molecular weight is 192 g/mol. The molecule has 2 heteroatoms. The molecular formula is C12H16O2. The molecule has 0 aromatic heterocycles. The summed E-state index contributed by atoms with van der Waals surface area (Å²) >= 11 is 0. The van der Waals surface area contributed by atoms with E-state index in [1.807, 2.05) is 19.1 Å². The van der Waals surface area contributed by atoms with E-state index in [0.29, 0.717) is 0 Å². The zero-order valence-corrected chi connectivity index (χ0v) is 8.66. The van der Waals surface area contributed by atoms with Gasteiger partial charge in [-0.2, -0.15) is 0 Å². The molecule has 1 aromatic carbocycles. The minimum absolute atomic E-state index is 0.111. The first-order chi connectivity index (χ1) is 6.63. The highest BCUT2D eigenvalue weighted by Gasteiger charge is 2.11. The van der Waals surface area contributed by atoms with Crippen LogP contribution in [0.5, 0.6) is 5.75 Å². The Morgan fingerprint density at radius 2 is 1.93 bits per heavy atom. The van der Waals surface area contributed by atoms with Crippen LogP contribution in [0.2, 0.25) is 0 Å². The molecule has 0 fully saturated rings. The Bertz CT molecular complexity index is 301. The van der Waals surface area contributed by atoms with E-state index in [-0.39, 0.29) is 17.5 Å². The van der Waals surface area contributed by atoms with Crippen molar-refractivity contribution in [3.8, 4) is 5.75 Å². The summed E-state index contributed by atoms with van der Waals surface area (Å²) in [6.07, 6.45) is 1.64. The molecule has 0 amide bonds. The van der Waals surface area contributed by atoms with E-state index in [0.717, 1.165) is 18.4 Å². The Kier molecular flexibility index (Phi) is 3.69. The second-order valence-electron chi connectivity index (χ2n) is 3.59. The second kappa shape index (κ2) is 4.80. The zero-order valence-electron chi connectivity index (χ0n) is 8.66. The van der Waals surface area contributed by atoms with Crippen molar-refractivity contribution in [3.05, 3.63) is 29.8 Å². The van der Waals surface area contributed by atoms with E-state index in [4.69, 9.17) is 5.11 Å². The number of benzene rings is 1. The first-order valence-corrected chi connectivity index (χ1v) is 4.91. The van der Waals surface area contributed by atoms with Gasteiger partial charge in [0.1, 0.15) is 11.5 Å². The van der Waals surface area contributed by atoms with Crippen molar-refractivity contribution in [1.29, 1.82) is 0 Å². The van der Waals surface area contributed by atoms with Gasteiger partial charge in [-0.25, -0.2) is 0 Å². The summed E-state index contributed by atoms with van der Waals surface area (Å²) in [7, 11) is 0. The van der Waals surface area contributed by atoms with Crippen LogP contribution in [0, 0.1) is 5.92 Å². The van der Waals surface area contributed by atoms with Crippen LogP contribution < -0.4 is 0 Å². The molecule has 0 heterocycles. The van der Waals surface area contributed by atoms with Crippen molar-refractivity contribution in [2.24, 2.45) is 5.92 Å². The minimum Gasteiger partial charge on any atom is -0.508 e. The van der Waals surface area contributed by atoms with Gasteiger partial charge in [0.05, 0.1) is 0 Å².